The largest absolute Gasteiger partial charge is 0.483 e. The lowest BCUT2D eigenvalue weighted by atomic mass is 10.1. The van der Waals surface area contributed by atoms with Crippen LogP contribution in [0.3, 0.4) is 0 Å². The summed E-state index contributed by atoms with van der Waals surface area (Å²) >= 11 is 0. The zero-order valence-corrected chi connectivity index (χ0v) is 13.0. The summed E-state index contributed by atoms with van der Waals surface area (Å²) in [6.45, 7) is 6.35. The zero-order chi connectivity index (χ0) is 15.5. The maximum atomic E-state index is 5.83. The minimum absolute atomic E-state index is 0.268. The van der Waals surface area contributed by atoms with Crippen molar-refractivity contribution in [3.05, 3.63) is 65.0 Å². The zero-order valence-electron chi connectivity index (χ0n) is 13.0. The van der Waals surface area contributed by atoms with Gasteiger partial charge in [0.2, 0.25) is 5.89 Å². The van der Waals surface area contributed by atoms with E-state index in [0.29, 0.717) is 11.8 Å². The molecule has 22 heavy (non-hydrogen) atoms. The summed E-state index contributed by atoms with van der Waals surface area (Å²) in [4.78, 5) is 0. The fourth-order valence-electron chi connectivity index (χ4n) is 2.37. The Balaban J connectivity index is 1.75. The van der Waals surface area contributed by atoms with Crippen molar-refractivity contribution in [1.82, 2.24) is 10.2 Å². The molecule has 0 spiro atoms. The van der Waals surface area contributed by atoms with Crippen LogP contribution in [0.2, 0.25) is 0 Å². The molecule has 1 heterocycles. The number of nitrogens with zero attached hydrogens (tertiary/aromatic N) is 2. The third-order valence-electron chi connectivity index (χ3n) is 3.48. The summed E-state index contributed by atoms with van der Waals surface area (Å²) in [5.41, 5.74) is 4.27. The summed E-state index contributed by atoms with van der Waals surface area (Å²) in [6, 6.07) is 14.0. The van der Waals surface area contributed by atoms with E-state index in [2.05, 4.69) is 10.2 Å². The van der Waals surface area contributed by atoms with Crippen LogP contribution in [0.1, 0.15) is 22.6 Å². The first kappa shape index (κ1) is 14.3. The maximum absolute atomic E-state index is 5.83. The molecule has 4 nitrogen and oxygen atoms in total. The van der Waals surface area contributed by atoms with Gasteiger partial charge in [0.25, 0.3) is 5.89 Å². The van der Waals surface area contributed by atoms with Crippen LogP contribution < -0.4 is 4.74 Å². The van der Waals surface area contributed by atoms with Gasteiger partial charge in [-0.1, -0.05) is 35.9 Å². The van der Waals surface area contributed by atoms with Gasteiger partial charge in [-0.25, -0.2) is 0 Å². The summed E-state index contributed by atoms with van der Waals surface area (Å²) in [7, 11) is 0. The van der Waals surface area contributed by atoms with Crippen molar-refractivity contribution < 1.29 is 9.15 Å². The van der Waals surface area contributed by atoms with Crippen molar-refractivity contribution in [3.8, 4) is 17.2 Å². The van der Waals surface area contributed by atoms with Crippen LogP contribution in [0.4, 0.5) is 0 Å². The molecule has 0 unspecified atom stereocenters. The highest BCUT2D eigenvalue weighted by Crippen LogP contribution is 2.24. The Morgan fingerprint density at radius 3 is 2.41 bits per heavy atom. The van der Waals surface area contributed by atoms with Crippen LogP contribution in [0.15, 0.2) is 46.9 Å². The average Bonchev–Trinajstić information content (AvgIpc) is 2.96. The molecule has 0 aliphatic carbocycles. The van der Waals surface area contributed by atoms with Crippen LogP contribution in [0.5, 0.6) is 5.75 Å². The Morgan fingerprint density at radius 2 is 1.68 bits per heavy atom. The molecular weight excluding hydrogens is 276 g/mol. The molecule has 4 heteroatoms. The molecule has 0 radical (unpaired) electrons. The van der Waals surface area contributed by atoms with E-state index in [1.54, 1.807) is 0 Å². The maximum Gasteiger partial charge on any atom is 0.254 e. The molecule has 1 aromatic heterocycles. The van der Waals surface area contributed by atoms with Gasteiger partial charge in [0.15, 0.2) is 6.61 Å². The first-order chi connectivity index (χ1) is 10.6. The van der Waals surface area contributed by atoms with Gasteiger partial charge in [-0.2, -0.15) is 0 Å². The van der Waals surface area contributed by atoms with E-state index in [0.717, 1.165) is 28.0 Å². The van der Waals surface area contributed by atoms with Crippen molar-refractivity contribution in [3.63, 3.8) is 0 Å². The van der Waals surface area contributed by atoms with E-state index >= 15 is 0 Å². The average molecular weight is 294 g/mol. The van der Waals surface area contributed by atoms with E-state index in [9.17, 15) is 0 Å². The molecule has 3 aromatic rings. The van der Waals surface area contributed by atoms with Gasteiger partial charge in [0, 0.05) is 5.56 Å². The van der Waals surface area contributed by atoms with Gasteiger partial charge >= 0.3 is 0 Å². The van der Waals surface area contributed by atoms with E-state index in [-0.39, 0.29) is 6.61 Å². The second-order valence-corrected chi connectivity index (χ2v) is 5.38. The molecule has 0 bridgehead atoms. The monoisotopic (exact) mass is 294 g/mol. The quantitative estimate of drug-likeness (QED) is 0.722. The molecule has 0 saturated carbocycles. The normalized spacial score (nSPS) is 10.7. The number of ether oxygens (including phenoxy) is 1. The van der Waals surface area contributed by atoms with Crippen molar-refractivity contribution in [2.75, 3.05) is 0 Å². The molecule has 0 aliphatic heterocycles. The molecule has 0 aliphatic rings. The highest BCUT2D eigenvalue weighted by atomic mass is 16.5. The van der Waals surface area contributed by atoms with Crippen molar-refractivity contribution in [2.45, 2.75) is 27.4 Å². The highest BCUT2D eigenvalue weighted by Gasteiger charge is 2.10. The summed E-state index contributed by atoms with van der Waals surface area (Å²) < 4.78 is 11.5. The standard InChI is InChI=1S/C18H18N2O2/c1-12-6-4-9-15(10-12)18-20-19-16(22-18)11-21-17-13(2)7-5-8-14(17)3/h4-10H,11H2,1-3H3. The number of para-hydroxylation sites is 1. The van der Waals surface area contributed by atoms with Crippen LogP contribution in [-0.2, 0) is 6.61 Å². The molecule has 3 rings (SSSR count). The fourth-order valence-corrected chi connectivity index (χ4v) is 2.37. The minimum atomic E-state index is 0.268. The number of hydrogen-bond acceptors (Lipinski definition) is 4. The molecule has 0 N–H and O–H groups in total. The lowest BCUT2D eigenvalue weighted by Crippen LogP contribution is -1.99. The van der Waals surface area contributed by atoms with Gasteiger partial charge in [0.05, 0.1) is 0 Å². The molecule has 0 saturated heterocycles. The van der Waals surface area contributed by atoms with E-state index in [1.165, 1.54) is 0 Å². The van der Waals surface area contributed by atoms with E-state index < -0.39 is 0 Å². The number of aromatic nitrogens is 2. The SMILES string of the molecule is Cc1cccc(-c2nnc(COc3c(C)cccc3C)o2)c1. The molecular formula is C18H18N2O2. The molecule has 0 amide bonds. The predicted octanol–water partition coefficient (Wildman–Crippen LogP) is 4.24. The third-order valence-corrected chi connectivity index (χ3v) is 3.48. The summed E-state index contributed by atoms with van der Waals surface area (Å²) in [5, 5.41) is 8.14. The number of hydrogen-bond donors (Lipinski definition) is 0. The minimum Gasteiger partial charge on any atom is -0.483 e. The lowest BCUT2D eigenvalue weighted by Gasteiger charge is -2.09. The first-order valence-electron chi connectivity index (χ1n) is 7.22. The topological polar surface area (TPSA) is 48.2 Å². The molecule has 2 aromatic carbocycles. The van der Waals surface area contributed by atoms with Gasteiger partial charge in [-0.3, -0.25) is 0 Å². The third kappa shape index (κ3) is 3.01. The fraction of sp³-hybridized carbons (Fsp3) is 0.222. The molecule has 0 fully saturated rings. The number of rotatable bonds is 4. The van der Waals surface area contributed by atoms with E-state index in [1.807, 2.05) is 63.2 Å². The van der Waals surface area contributed by atoms with Gasteiger partial charge in [0.1, 0.15) is 5.75 Å². The van der Waals surface area contributed by atoms with Crippen molar-refractivity contribution in [2.24, 2.45) is 0 Å². The van der Waals surface area contributed by atoms with Crippen molar-refractivity contribution in [1.29, 1.82) is 0 Å². The summed E-state index contributed by atoms with van der Waals surface area (Å²) in [5.74, 6) is 1.86. The predicted molar refractivity (Wildman–Crippen MR) is 84.7 cm³/mol. The van der Waals surface area contributed by atoms with Gasteiger partial charge < -0.3 is 9.15 Å². The second-order valence-electron chi connectivity index (χ2n) is 5.38. The van der Waals surface area contributed by atoms with Crippen LogP contribution >= 0.6 is 0 Å². The molecule has 0 atom stereocenters. The highest BCUT2D eigenvalue weighted by molar-refractivity contribution is 5.53. The smallest absolute Gasteiger partial charge is 0.254 e. The van der Waals surface area contributed by atoms with Gasteiger partial charge in [-0.05, 0) is 44.0 Å². The second kappa shape index (κ2) is 6.02. The van der Waals surface area contributed by atoms with E-state index in [4.69, 9.17) is 9.15 Å². The Kier molecular flexibility index (Phi) is 3.92. The van der Waals surface area contributed by atoms with Crippen LogP contribution in [0.25, 0.3) is 11.5 Å². The Morgan fingerprint density at radius 1 is 0.955 bits per heavy atom. The van der Waals surface area contributed by atoms with Crippen molar-refractivity contribution >= 4 is 0 Å². The summed E-state index contributed by atoms with van der Waals surface area (Å²) in [6.07, 6.45) is 0. The van der Waals surface area contributed by atoms with Crippen LogP contribution in [-0.4, -0.2) is 10.2 Å². The Labute approximate surface area is 129 Å². The number of benzene rings is 2. The Hall–Kier alpha value is -2.62. The number of aryl methyl sites for hydroxylation is 3. The lowest BCUT2D eigenvalue weighted by molar-refractivity contribution is 0.261. The Bertz CT molecular complexity index is 773. The van der Waals surface area contributed by atoms with Gasteiger partial charge in [-0.15, -0.1) is 10.2 Å². The van der Waals surface area contributed by atoms with Crippen LogP contribution in [0, 0.1) is 20.8 Å². The first-order valence-corrected chi connectivity index (χ1v) is 7.22. The molecule has 112 valence electrons.